The van der Waals surface area contributed by atoms with Crippen LogP contribution < -0.4 is 5.32 Å². The Bertz CT molecular complexity index is 308. The zero-order valence-electron chi connectivity index (χ0n) is 8.62. The van der Waals surface area contributed by atoms with Crippen LogP contribution in [0.1, 0.15) is 23.3 Å². The van der Waals surface area contributed by atoms with Gasteiger partial charge in [-0.15, -0.1) is 11.3 Å². The normalized spacial score (nSPS) is 19.2. The standard InChI is InChI=1S/C12H17NS/c1-10-6-9-14-12(10)3-2-11-4-7-13-8-5-11/h2-3,6,9,11,13H,4-5,7-8H2,1H3/b3-2+. The highest BCUT2D eigenvalue weighted by Crippen LogP contribution is 2.20. The van der Waals surface area contributed by atoms with Gasteiger partial charge >= 0.3 is 0 Å². The minimum atomic E-state index is 0.790. The molecule has 1 saturated heterocycles. The van der Waals surface area contributed by atoms with Crippen LogP contribution in [0.5, 0.6) is 0 Å². The Labute approximate surface area is 89.8 Å². The first-order valence-electron chi connectivity index (χ1n) is 5.29. The molecule has 0 bridgehead atoms. The van der Waals surface area contributed by atoms with Crippen molar-refractivity contribution in [1.82, 2.24) is 5.32 Å². The summed E-state index contributed by atoms with van der Waals surface area (Å²) in [5, 5.41) is 5.55. The first-order valence-corrected chi connectivity index (χ1v) is 6.17. The lowest BCUT2D eigenvalue weighted by molar-refractivity contribution is 0.438. The van der Waals surface area contributed by atoms with Gasteiger partial charge in [0.1, 0.15) is 0 Å². The van der Waals surface area contributed by atoms with Gasteiger partial charge in [-0.1, -0.05) is 6.08 Å². The topological polar surface area (TPSA) is 12.0 Å². The number of hydrogen-bond acceptors (Lipinski definition) is 2. The van der Waals surface area contributed by atoms with E-state index in [-0.39, 0.29) is 0 Å². The summed E-state index contributed by atoms with van der Waals surface area (Å²) < 4.78 is 0. The molecule has 0 unspecified atom stereocenters. The van der Waals surface area contributed by atoms with Crippen molar-refractivity contribution in [3.63, 3.8) is 0 Å². The van der Waals surface area contributed by atoms with Crippen LogP contribution >= 0.6 is 11.3 Å². The van der Waals surface area contributed by atoms with Crippen molar-refractivity contribution >= 4 is 17.4 Å². The van der Waals surface area contributed by atoms with Gasteiger partial charge in [0.15, 0.2) is 0 Å². The fraction of sp³-hybridized carbons (Fsp3) is 0.500. The van der Waals surface area contributed by atoms with Crippen molar-refractivity contribution in [3.8, 4) is 0 Å². The molecule has 1 nitrogen and oxygen atoms in total. The highest BCUT2D eigenvalue weighted by Gasteiger charge is 2.09. The molecule has 1 aliphatic rings. The van der Waals surface area contributed by atoms with Gasteiger partial charge in [-0.3, -0.25) is 0 Å². The molecule has 0 radical (unpaired) electrons. The number of piperidine rings is 1. The second-order valence-electron chi connectivity index (χ2n) is 3.91. The summed E-state index contributed by atoms with van der Waals surface area (Å²) in [5.74, 6) is 0.790. The van der Waals surface area contributed by atoms with Gasteiger partial charge in [-0.25, -0.2) is 0 Å². The molecule has 1 aromatic rings. The van der Waals surface area contributed by atoms with E-state index in [2.05, 4.69) is 35.8 Å². The van der Waals surface area contributed by atoms with Crippen molar-refractivity contribution < 1.29 is 0 Å². The second kappa shape index (κ2) is 4.76. The van der Waals surface area contributed by atoms with E-state index >= 15 is 0 Å². The zero-order valence-corrected chi connectivity index (χ0v) is 9.44. The van der Waals surface area contributed by atoms with Crippen LogP contribution in [0, 0.1) is 12.8 Å². The van der Waals surface area contributed by atoms with Crippen molar-refractivity contribution in [2.45, 2.75) is 19.8 Å². The van der Waals surface area contributed by atoms with E-state index in [9.17, 15) is 0 Å². The third kappa shape index (κ3) is 2.46. The number of allylic oxidation sites excluding steroid dienone is 1. The van der Waals surface area contributed by atoms with Crippen molar-refractivity contribution in [2.24, 2.45) is 5.92 Å². The zero-order chi connectivity index (χ0) is 9.80. The van der Waals surface area contributed by atoms with E-state index in [0.717, 1.165) is 5.92 Å². The number of nitrogens with one attached hydrogen (secondary N) is 1. The molecule has 1 fully saturated rings. The maximum Gasteiger partial charge on any atom is 0.0296 e. The van der Waals surface area contributed by atoms with Gasteiger partial charge in [0, 0.05) is 4.88 Å². The summed E-state index contributed by atoms with van der Waals surface area (Å²) in [6, 6.07) is 2.19. The lowest BCUT2D eigenvalue weighted by Crippen LogP contribution is -2.26. The van der Waals surface area contributed by atoms with Crippen molar-refractivity contribution in [3.05, 3.63) is 28.0 Å². The second-order valence-corrected chi connectivity index (χ2v) is 4.86. The SMILES string of the molecule is Cc1ccsc1/C=C/C1CCNCC1. The average molecular weight is 207 g/mol. The molecule has 0 amide bonds. The molecule has 1 aromatic heterocycles. The van der Waals surface area contributed by atoms with Crippen LogP contribution in [0.25, 0.3) is 6.08 Å². The molecular formula is C12H17NS. The molecule has 0 spiro atoms. The summed E-state index contributed by atoms with van der Waals surface area (Å²) >= 11 is 1.84. The summed E-state index contributed by atoms with van der Waals surface area (Å²) in [4.78, 5) is 1.42. The molecule has 2 heterocycles. The number of hydrogen-bond donors (Lipinski definition) is 1. The molecule has 0 saturated carbocycles. The Balaban J connectivity index is 1.95. The monoisotopic (exact) mass is 207 g/mol. The van der Waals surface area contributed by atoms with Gasteiger partial charge in [0.25, 0.3) is 0 Å². The van der Waals surface area contributed by atoms with Gasteiger partial charge in [0.2, 0.25) is 0 Å². The predicted octanol–water partition coefficient (Wildman–Crippen LogP) is 3.07. The third-order valence-corrected chi connectivity index (χ3v) is 3.79. The van der Waals surface area contributed by atoms with E-state index in [1.165, 1.54) is 36.4 Å². The number of thiophene rings is 1. The van der Waals surface area contributed by atoms with E-state index in [1.54, 1.807) is 0 Å². The Morgan fingerprint density at radius 2 is 2.21 bits per heavy atom. The van der Waals surface area contributed by atoms with Gasteiger partial charge < -0.3 is 5.32 Å². The Hall–Kier alpha value is -0.600. The van der Waals surface area contributed by atoms with Crippen molar-refractivity contribution in [1.29, 1.82) is 0 Å². The molecule has 0 atom stereocenters. The molecule has 0 aliphatic carbocycles. The van der Waals surface area contributed by atoms with Gasteiger partial charge in [-0.05, 0) is 61.9 Å². The van der Waals surface area contributed by atoms with Crippen molar-refractivity contribution in [2.75, 3.05) is 13.1 Å². The van der Waals surface area contributed by atoms with E-state index in [1.807, 2.05) is 11.3 Å². The van der Waals surface area contributed by atoms with Crippen LogP contribution in [0.4, 0.5) is 0 Å². The predicted molar refractivity (Wildman–Crippen MR) is 63.7 cm³/mol. The maximum absolute atomic E-state index is 3.39. The first-order chi connectivity index (χ1) is 6.86. The molecule has 1 N–H and O–H groups in total. The Morgan fingerprint density at radius 1 is 1.43 bits per heavy atom. The summed E-state index contributed by atoms with van der Waals surface area (Å²) in [6.45, 7) is 4.54. The lowest BCUT2D eigenvalue weighted by atomic mass is 9.97. The third-order valence-electron chi connectivity index (χ3n) is 2.81. The molecule has 1 aliphatic heterocycles. The van der Waals surface area contributed by atoms with E-state index < -0.39 is 0 Å². The summed E-state index contributed by atoms with van der Waals surface area (Å²) in [6.07, 6.45) is 7.28. The minimum Gasteiger partial charge on any atom is -0.317 e. The summed E-state index contributed by atoms with van der Waals surface area (Å²) in [7, 11) is 0. The number of aryl methyl sites for hydroxylation is 1. The minimum absolute atomic E-state index is 0.790. The largest absolute Gasteiger partial charge is 0.317 e. The quantitative estimate of drug-likeness (QED) is 0.786. The smallest absolute Gasteiger partial charge is 0.0296 e. The average Bonchev–Trinajstić information content (AvgIpc) is 2.63. The summed E-state index contributed by atoms with van der Waals surface area (Å²) in [5.41, 5.74) is 1.40. The highest BCUT2D eigenvalue weighted by molar-refractivity contribution is 7.11. The molecule has 14 heavy (non-hydrogen) atoms. The molecular weight excluding hydrogens is 190 g/mol. The van der Waals surface area contributed by atoms with E-state index in [0.29, 0.717) is 0 Å². The Kier molecular flexibility index (Phi) is 3.38. The van der Waals surface area contributed by atoms with Gasteiger partial charge in [0.05, 0.1) is 0 Å². The van der Waals surface area contributed by atoms with Crippen LogP contribution in [-0.4, -0.2) is 13.1 Å². The molecule has 76 valence electrons. The first kappa shape index (κ1) is 9.94. The Morgan fingerprint density at radius 3 is 2.86 bits per heavy atom. The van der Waals surface area contributed by atoms with Gasteiger partial charge in [-0.2, -0.15) is 0 Å². The maximum atomic E-state index is 3.39. The van der Waals surface area contributed by atoms with Crippen LogP contribution in [0.15, 0.2) is 17.5 Å². The fourth-order valence-corrected chi connectivity index (χ4v) is 2.65. The lowest BCUT2D eigenvalue weighted by Gasteiger charge is -2.19. The van der Waals surface area contributed by atoms with Crippen LogP contribution in [0.3, 0.4) is 0 Å². The molecule has 2 heteroatoms. The van der Waals surface area contributed by atoms with E-state index in [4.69, 9.17) is 0 Å². The highest BCUT2D eigenvalue weighted by atomic mass is 32.1. The van der Waals surface area contributed by atoms with Crippen LogP contribution in [-0.2, 0) is 0 Å². The number of rotatable bonds is 2. The molecule has 0 aromatic carbocycles. The van der Waals surface area contributed by atoms with Crippen LogP contribution in [0.2, 0.25) is 0 Å². The fourth-order valence-electron chi connectivity index (χ4n) is 1.82. The molecule has 2 rings (SSSR count).